The molecule has 2 aromatic heterocycles. The number of aromatic nitrogens is 2. The molecular formula is C16H14ClN3O3S. The lowest BCUT2D eigenvalue weighted by Gasteiger charge is -2.10. The molecule has 0 saturated carbocycles. The van der Waals surface area contributed by atoms with Crippen LogP contribution in [0.2, 0.25) is 5.02 Å². The Morgan fingerprint density at radius 1 is 1.29 bits per heavy atom. The minimum absolute atomic E-state index is 0.114. The molecule has 1 N–H and O–H groups in total. The van der Waals surface area contributed by atoms with Gasteiger partial charge in [0.15, 0.2) is 0 Å². The van der Waals surface area contributed by atoms with Crippen molar-refractivity contribution in [2.45, 2.75) is 11.4 Å². The van der Waals surface area contributed by atoms with Gasteiger partial charge in [0.1, 0.15) is 17.3 Å². The molecule has 0 unspecified atom stereocenters. The van der Waals surface area contributed by atoms with Crippen LogP contribution >= 0.6 is 11.6 Å². The number of benzene rings is 1. The summed E-state index contributed by atoms with van der Waals surface area (Å²) in [5.74, 6) is 0.728. The van der Waals surface area contributed by atoms with E-state index in [2.05, 4.69) is 10.3 Å². The Kier molecular flexibility index (Phi) is 3.71. The van der Waals surface area contributed by atoms with E-state index in [-0.39, 0.29) is 4.90 Å². The number of hydrogen-bond acceptors (Lipinski definition) is 5. The predicted octanol–water partition coefficient (Wildman–Crippen LogP) is 2.41. The maximum atomic E-state index is 12.9. The van der Waals surface area contributed by atoms with Gasteiger partial charge in [0, 0.05) is 42.6 Å². The highest BCUT2D eigenvalue weighted by Gasteiger charge is 2.24. The van der Waals surface area contributed by atoms with Gasteiger partial charge >= 0.3 is 0 Å². The van der Waals surface area contributed by atoms with E-state index in [0.29, 0.717) is 29.1 Å². The molecule has 0 spiro atoms. The zero-order chi connectivity index (χ0) is 16.7. The van der Waals surface area contributed by atoms with Crippen LogP contribution in [0.5, 0.6) is 5.75 Å². The van der Waals surface area contributed by atoms with Crippen LogP contribution in [0, 0.1) is 0 Å². The number of fused-ring (bicyclic) bond motifs is 3. The van der Waals surface area contributed by atoms with Crippen molar-refractivity contribution in [1.82, 2.24) is 14.3 Å². The summed E-state index contributed by atoms with van der Waals surface area (Å²) in [4.78, 5) is 4.00. The van der Waals surface area contributed by atoms with E-state index in [1.54, 1.807) is 18.2 Å². The average Bonchev–Trinajstić information content (AvgIpc) is 2.79. The number of nitrogens with one attached hydrogen (secondary N) is 1. The van der Waals surface area contributed by atoms with Crippen molar-refractivity contribution in [2.24, 2.45) is 0 Å². The highest BCUT2D eigenvalue weighted by atomic mass is 35.5. The molecule has 0 radical (unpaired) electrons. The lowest BCUT2D eigenvalue weighted by Crippen LogP contribution is -2.16. The van der Waals surface area contributed by atoms with Gasteiger partial charge in [-0.3, -0.25) is 4.98 Å². The molecule has 0 fully saturated rings. The monoisotopic (exact) mass is 363 g/mol. The Hall–Kier alpha value is -2.09. The summed E-state index contributed by atoms with van der Waals surface area (Å²) in [6, 6.07) is 6.61. The maximum Gasteiger partial charge on any atom is 0.269 e. The minimum Gasteiger partial charge on any atom is -0.492 e. The molecule has 0 atom stereocenters. The van der Waals surface area contributed by atoms with Crippen LogP contribution in [0.15, 0.2) is 47.8 Å². The molecule has 0 amide bonds. The molecular weight excluding hydrogens is 350 g/mol. The van der Waals surface area contributed by atoms with Crippen molar-refractivity contribution in [3.8, 4) is 5.75 Å². The molecule has 1 aliphatic heterocycles. The Morgan fingerprint density at radius 3 is 2.96 bits per heavy atom. The third kappa shape index (κ3) is 2.36. The lowest BCUT2D eigenvalue weighted by molar-refractivity contribution is 0.326. The normalized spacial score (nSPS) is 14.9. The first-order valence-electron chi connectivity index (χ1n) is 7.40. The summed E-state index contributed by atoms with van der Waals surface area (Å²) < 4.78 is 32.7. The lowest BCUT2D eigenvalue weighted by atomic mass is 10.1. The van der Waals surface area contributed by atoms with E-state index in [1.165, 1.54) is 28.6 Å². The second kappa shape index (κ2) is 5.77. The SMILES string of the molecule is O=S(=O)(c1cccnc1)n1cc(Cl)c2c3c(ccc21)OCCNC3. The smallest absolute Gasteiger partial charge is 0.269 e. The van der Waals surface area contributed by atoms with E-state index < -0.39 is 10.0 Å². The van der Waals surface area contributed by atoms with Crippen molar-refractivity contribution in [2.75, 3.05) is 13.2 Å². The summed E-state index contributed by atoms with van der Waals surface area (Å²) >= 11 is 6.38. The van der Waals surface area contributed by atoms with E-state index in [0.717, 1.165) is 17.9 Å². The van der Waals surface area contributed by atoms with Crippen LogP contribution in [0.25, 0.3) is 10.9 Å². The highest BCUT2D eigenvalue weighted by molar-refractivity contribution is 7.90. The Bertz CT molecular complexity index is 1020. The average molecular weight is 364 g/mol. The fraction of sp³-hybridized carbons (Fsp3) is 0.188. The van der Waals surface area contributed by atoms with Crippen molar-refractivity contribution >= 4 is 32.5 Å². The molecule has 3 heterocycles. The van der Waals surface area contributed by atoms with Gasteiger partial charge in [0.25, 0.3) is 10.0 Å². The van der Waals surface area contributed by atoms with Gasteiger partial charge in [-0.05, 0) is 24.3 Å². The largest absolute Gasteiger partial charge is 0.492 e. The molecule has 3 aromatic rings. The van der Waals surface area contributed by atoms with Crippen molar-refractivity contribution in [3.05, 3.63) is 53.4 Å². The maximum absolute atomic E-state index is 12.9. The van der Waals surface area contributed by atoms with Gasteiger partial charge in [0.2, 0.25) is 0 Å². The number of nitrogens with zero attached hydrogens (tertiary/aromatic N) is 2. The topological polar surface area (TPSA) is 73.2 Å². The number of hydrogen-bond donors (Lipinski definition) is 1. The molecule has 8 heteroatoms. The van der Waals surface area contributed by atoms with Crippen LogP contribution in [0.4, 0.5) is 0 Å². The molecule has 1 aromatic carbocycles. The van der Waals surface area contributed by atoms with Crippen LogP contribution in [0.1, 0.15) is 5.56 Å². The van der Waals surface area contributed by atoms with Gasteiger partial charge in [-0.25, -0.2) is 12.4 Å². The number of rotatable bonds is 2. The zero-order valence-electron chi connectivity index (χ0n) is 12.6. The first-order valence-corrected chi connectivity index (χ1v) is 9.22. The number of halogens is 1. The van der Waals surface area contributed by atoms with Gasteiger partial charge in [0.05, 0.1) is 10.5 Å². The third-order valence-electron chi connectivity index (χ3n) is 3.98. The fourth-order valence-corrected chi connectivity index (χ4v) is 4.57. The Labute approximate surface area is 144 Å². The fourth-order valence-electron chi connectivity index (χ4n) is 2.87. The van der Waals surface area contributed by atoms with Crippen LogP contribution in [0.3, 0.4) is 0 Å². The molecule has 0 saturated heterocycles. The number of ether oxygens (including phenoxy) is 1. The molecule has 0 aliphatic carbocycles. The van der Waals surface area contributed by atoms with Crippen LogP contribution in [-0.4, -0.2) is 30.5 Å². The molecule has 1 aliphatic rings. The second-order valence-electron chi connectivity index (χ2n) is 5.43. The third-order valence-corrected chi connectivity index (χ3v) is 5.93. The molecule has 6 nitrogen and oxygen atoms in total. The summed E-state index contributed by atoms with van der Waals surface area (Å²) in [7, 11) is -3.77. The molecule has 24 heavy (non-hydrogen) atoms. The zero-order valence-corrected chi connectivity index (χ0v) is 14.1. The van der Waals surface area contributed by atoms with Gasteiger partial charge in [-0.1, -0.05) is 11.6 Å². The first kappa shape index (κ1) is 15.4. The van der Waals surface area contributed by atoms with Crippen LogP contribution < -0.4 is 10.1 Å². The van der Waals surface area contributed by atoms with E-state index in [1.807, 2.05) is 0 Å². The second-order valence-corrected chi connectivity index (χ2v) is 7.65. The summed E-state index contributed by atoms with van der Waals surface area (Å²) in [5.41, 5.74) is 1.39. The predicted molar refractivity (Wildman–Crippen MR) is 91.0 cm³/mol. The van der Waals surface area contributed by atoms with Gasteiger partial charge in [-0.2, -0.15) is 0 Å². The first-order chi connectivity index (χ1) is 11.6. The number of pyridine rings is 1. The van der Waals surface area contributed by atoms with Gasteiger partial charge < -0.3 is 10.1 Å². The van der Waals surface area contributed by atoms with Crippen LogP contribution in [-0.2, 0) is 16.6 Å². The quantitative estimate of drug-likeness (QED) is 0.757. The Balaban J connectivity index is 1.97. The summed E-state index contributed by atoms with van der Waals surface area (Å²) in [6.07, 6.45) is 4.28. The molecule has 4 rings (SSSR count). The van der Waals surface area contributed by atoms with Crippen molar-refractivity contribution in [3.63, 3.8) is 0 Å². The molecule has 124 valence electrons. The summed E-state index contributed by atoms with van der Waals surface area (Å²) in [5, 5.41) is 4.32. The highest BCUT2D eigenvalue weighted by Crippen LogP contribution is 2.36. The molecule has 0 bridgehead atoms. The minimum atomic E-state index is -3.77. The standard InChI is InChI=1S/C16H14ClN3O3S/c17-13-10-20(24(21,22)11-2-1-5-18-8-11)14-3-4-15-12(16(13)14)9-19-6-7-23-15/h1-5,8,10,19H,6-7,9H2. The Morgan fingerprint density at radius 2 is 2.17 bits per heavy atom. The summed E-state index contributed by atoms with van der Waals surface area (Å²) in [6.45, 7) is 1.86. The van der Waals surface area contributed by atoms with Gasteiger partial charge in [-0.15, -0.1) is 0 Å². The van der Waals surface area contributed by atoms with E-state index >= 15 is 0 Å². The van der Waals surface area contributed by atoms with Crippen molar-refractivity contribution in [1.29, 1.82) is 0 Å². The van der Waals surface area contributed by atoms with E-state index in [4.69, 9.17) is 16.3 Å². The van der Waals surface area contributed by atoms with E-state index in [9.17, 15) is 8.42 Å². The van der Waals surface area contributed by atoms with Crippen molar-refractivity contribution < 1.29 is 13.2 Å².